The molecule has 1 aromatic carbocycles. The molecule has 3 rings (SSSR count). The van der Waals surface area contributed by atoms with E-state index in [1.165, 1.54) is 5.56 Å². The van der Waals surface area contributed by atoms with Gasteiger partial charge >= 0.3 is 0 Å². The second-order valence-electron chi connectivity index (χ2n) is 4.91. The van der Waals surface area contributed by atoms with Crippen LogP contribution in [0, 0.1) is 0 Å². The number of benzene rings is 1. The zero-order valence-corrected chi connectivity index (χ0v) is 9.53. The standard InChI is InChI=1S/C13H17NO2/c1-13(8-14-9-13)16-7-10-6-15-12-5-3-2-4-11(10)12/h2-5,10,14H,6-9H2,1H3. The number of hydrogen-bond acceptors (Lipinski definition) is 3. The Labute approximate surface area is 95.8 Å². The van der Waals surface area contributed by atoms with Crippen molar-refractivity contribution < 1.29 is 9.47 Å². The molecule has 16 heavy (non-hydrogen) atoms. The van der Waals surface area contributed by atoms with Crippen LogP contribution in [-0.2, 0) is 4.74 Å². The molecule has 1 aromatic rings. The molecule has 2 aliphatic heterocycles. The number of hydrogen-bond donors (Lipinski definition) is 1. The third-order valence-electron chi connectivity index (χ3n) is 3.43. The Kier molecular flexibility index (Phi) is 2.37. The van der Waals surface area contributed by atoms with E-state index >= 15 is 0 Å². The summed E-state index contributed by atoms with van der Waals surface area (Å²) in [5.74, 6) is 1.42. The first-order chi connectivity index (χ1) is 7.77. The maximum atomic E-state index is 5.96. The molecule has 2 aliphatic rings. The highest BCUT2D eigenvalue weighted by Crippen LogP contribution is 2.34. The summed E-state index contributed by atoms with van der Waals surface area (Å²) in [6.07, 6.45) is 0. The van der Waals surface area contributed by atoms with E-state index in [4.69, 9.17) is 9.47 Å². The molecular formula is C13H17NO2. The minimum Gasteiger partial charge on any atom is -0.493 e. The molecule has 1 fully saturated rings. The van der Waals surface area contributed by atoms with Crippen molar-refractivity contribution in [2.45, 2.75) is 18.4 Å². The minimum absolute atomic E-state index is 0.0392. The van der Waals surface area contributed by atoms with Crippen molar-refractivity contribution in [3.05, 3.63) is 29.8 Å². The van der Waals surface area contributed by atoms with Crippen LogP contribution in [0.3, 0.4) is 0 Å². The van der Waals surface area contributed by atoms with E-state index in [9.17, 15) is 0 Å². The van der Waals surface area contributed by atoms with Gasteiger partial charge in [-0.1, -0.05) is 18.2 Å². The van der Waals surface area contributed by atoms with Crippen LogP contribution < -0.4 is 10.1 Å². The molecule has 1 atom stereocenters. The minimum atomic E-state index is 0.0392. The first-order valence-electron chi connectivity index (χ1n) is 5.83. The van der Waals surface area contributed by atoms with Gasteiger partial charge in [-0.15, -0.1) is 0 Å². The Bertz CT molecular complexity index is 387. The zero-order valence-electron chi connectivity index (χ0n) is 9.53. The molecule has 1 unspecified atom stereocenters. The molecule has 1 saturated heterocycles. The van der Waals surface area contributed by atoms with Crippen LogP contribution in [0.4, 0.5) is 0 Å². The van der Waals surface area contributed by atoms with E-state index in [2.05, 4.69) is 24.4 Å². The van der Waals surface area contributed by atoms with Crippen LogP contribution in [0.25, 0.3) is 0 Å². The van der Waals surface area contributed by atoms with Gasteiger partial charge in [0.2, 0.25) is 0 Å². The molecule has 0 bridgehead atoms. The Hall–Kier alpha value is -1.06. The highest BCUT2D eigenvalue weighted by atomic mass is 16.5. The molecule has 3 heteroatoms. The van der Waals surface area contributed by atoms with Gasteiger partial charge in [-0.05, 0) is 13.0 Å². The normalized spacial score (nSPS) is 25.7. The predicted octanol–water partition coefficient (Wildman–Crippen LogP) is 1.54. The maximum absolute atomic E-state index is 5.96. The third-order valence-corrected chi connectivity index (χ3v) is 3.43. The van der Waals surface area contributed by atoms with Crippen molar-refractivity contribution in [3.8, 4) is 5.75 Å². The van der Waals surface area contributed by atoms with Gasteiger partial charge in [0.25, 0.3) is 0 Å². The second-order valence-corrected chi connectivity index (χ2v) is 4.91. The monoisotopic (exact) mass is 219 g/mol. The smallest absolute Gasteiger partial charge is 0.123 e. The molecule has 0 spiro atoms. The number of para-hydroxylation sites is 1. The zero-order chi connectivity index (χ0) is 11.0. The molecule has 0 saturated carbocycles. The fourth-order valence-corrected chi connectivity index (χ4v) is 2.25. The lowest BCUT2D eigenvalue weighted by Gasteiger charge is -2.39. The average Bonchev–Trinajstić information content (AvgIpc) is 2.67. The van der Waals surface area contributed by atoms with E-state index in [1.54, 1.807) is 0 Å². The van der Waals surface area contributed by atoms with Gasteiger partial charge in [-0.3, -0.25) is 0 Å². The number of ether oxygens (including phenoxy) is 2. The van der Waals surface area contributed by atoms with Gasteiger partial charge in [0.05, 0.1) is 18.8 Å². The van der Waals surface area contributed by atoms with Gasteiger partial charge in [-0.2, -0.15) is 0 Å². The summed E-state index contributed by atoms with van der Waals surface area (Å²) in [6, 6.07) is 8.24. The topological polar surface area (TPSA) is 30.5 Å². The second kappa shape index (κ2) is 3.75. The fourth-order valence-electron chi connectivity index (χ4n) is 2.25. The quantitative estimate of drug-likeness (QED) is 0.836. The lowest BCUT2D eigenvalue weighted by atomic mass is 9.98. The summed E-state index contributed by atoms with van der Waals surface area (Å²) in [5.41, 5.74) is 1.33. The highest BCUT2D eigenvalue weighted by Gasteiger charge is 2.34. The van der Waals surface area contributed by atoms with E-state index in [1.807, 2.05) is 12.1 Å². The maximum Gasteiger partial charge on any atom is 0.123 e. The lowest BCUT2D eigenvalue weighted by Crippen LogP contribution is -2.59. The summed E-state index contributed by atoms with van der Waals surface area (Å²) < 4.78 is 11.6. The Morgan fingerprint density at radius 2 is 2.25 bits per heavy atom. The van der Waals surface area contributed by atoms with Gasteiger partial charge in [0.15, 0.2) is 0 Å². The van der Waals surface area contributed by atoms with Crippen molar-refractivity contribution in [2.75, 3.05) is 26.3 Å². The highest BCUT2D eigenvalue weighted by molar-refractivity contribution is 5.39. The molecule has 2 heterocycles. The largest absolute Gasteiger partial charge is 0.493 e. The Balaban J connectivity index is 1.65. The number of rotatable bonds is 3. The van der Waals surface area contributed by atoms with Crippen LogP contribution in [0.15, 0.2) is 24.3 Å². The van der Waals surface area contributed by atoms with Crippen LogP contribution in [0.2, 0.25) is 0 Å². The third kappa shape index (κ3) is 1.70. The van der Waals surface area contributed by atoms with Crippen LogP contribution in [0.5, 0.6) is 5.75 Å². The van der Waals surface area contributed by atoms with E-state index in [0.717, 1.165) is 32.1 Å². The summed E-state index contributed by atoms with van der Waals surface area (Å²) in [7, 11) is 0. The first kappa shape index (κ1) is 10.1. The molecule has 1 N–H and O–H groups in total. The molecular weight excluding hydrogens is 202 g/mol. The lowest BCUT2D eigenvalue weighted by molar-refractivity contribution is -0.0729. The average molecular weight is 219 g/mol. The van der Waals surface area contributed by atoms with Crippen molar-refractivity contribution >= 4 is 0 Å². The number of fused-ring (bicyclic) bond motifs is 1. The summed E-state index contributed by atoms with van der Waals surface area (Å²) in [6.45, 7) is 5.59. The van der Waals surface area contributed by atoms with Crippen molar-refractivity contribution in [1.29, 1.82) is 0 Å². The molecule has 0 aliphatic carbocycles. The van der Waals surface area contributed by atoms with Gasteiger partial charge in [0.1, 0.15) is 5.75 Å². The molecule has 0 aromatic heterocycles. The molecule has 86 valence electrons. The van der Waals surface area contributed by atoms with Gasteiger partial charge < -0.3 is 14.8 Å². The first-order valence-corrected chi connectivity index (χ1v) is 5.83. The van der Waals surface area contributed by atoms with Gasteiger partial charge in [-0.25, -0.2) is 0 Å². The summed E-state index contributed by atoms with van der Waals surface area (Å²) >= 11 is 0. The van der Waals surface area contributed by atoms with Crippen molar-refractivity contribution in [2.24, 2.45) is 0 Å². The molecule has 0 radical (unpaired) electrons. The fraction of sp³-hybridized carbons (Fsp3) is 0.538. The predicted molar refractivity (Wildman–Crippen MR) is 61.9 cm³/mol. The molecule has 3 nitrogen and oxygen atoms in total. The van der Waals surface area contributed by atoms with E-state index in [0.29, 0.717) is 5.92 Å². The van der Waals surface area contributed by atoms with Crippen LogP contribution in [0.1, 0.15) is 18.4 Å². The van der Waals surface area contributed by atoms with Crippen molar-refractivity contribution in [3.63, 3.8) is 0 Å². The van der Waals surface area contributed by atoms with Gasteiger partial charge in [0, 0.05) is 24.6 Å². The number of nitrogens with one attached hydrogen (secondary N) is 1. The van der Waals surface area contributed by atoms with E-state index < -0.39 is 0 Å². The SMILES string of the molecule is CC1(OCC2COc3ccccc32)CNC1. The summed E-state index contributed by atoms with van der Waals surface area (Å²) in [4.78, 5) is 0. The van der Waals surface area contributed by atoms with E-state index in [-0.39, 0.29) is 5.60 Å². The summed E-state index contributed by atoms with van der Waals surface area (Å²) in [5, 5.41) is 3.24. The van der Waals surface area contributed by atoms with Crippen LogP contribution in [-0.4, -0.2) is 31.9 Å². The Morgan fingerprint density at radius 3 is 3.00 bits per heavy atom. The molecule has 0 amide bonds. The van der Waals surface area contributed by atoms with Crippen molar-refractivity contribution in [1.82, 2.24) is 5.32 Å². The van der Waals surface area contributed by atoms with Crippen LogP contribution >= 0.6 is 0 Å². The Morgan fingerprint density at radius 1 is 1.44 bits per heavy atom.